The number of ketones is 3. The van der Waals surface area contributed by atoms with Gasteiger partial charge in [0.1, 0.15) is 18.2 Å². The van der Waals surface area contributed by atoms with E-state index in [1.807, 2.05) is 58.1 Å². The van der Waals surface area contributed by atoms with Crippen LogP contribution in [0.5, 0.6) is 0 Å². The van der Waals surface area contributed by atoms with Crippen molar-refractivity contribution in [3.63, 3.8) is 0 Å². The number of methoxy groups -OCH3 is 3. The number of amides is 1. The van der Waals surface area contributed by atoms with Gasteiger partial charge in [-0.25, -0.2) is 4.79 Å². The minimum Gasteiger partial charge on any atom is -0.460 e. The minimum atomic E-state index is -3.51. The zero-order valence-corrected chi connectivity index (χ0v) is 47.4. The number of carbonyl (C=O) groups excluding carboxylic acids is 5. The highest BCUT2D eigenvalue weighted by Crippen LogP contribution is 2.48. The topological polar surface area (TPSA) is 240 Å². The van der Waals surface area contributed by atoms with Crippen molar-refractivity contribution in [2.45, 2.75) is 180 Å². The number of aliphatic hydroxyl groups excluding tert-OH is 2. The van der Waals surface area contributed by atoms with Crippen LogP contribution in [0.4, 0.5) is 0 Å². The number of hydrogen-bond acceptors (Lipinski definition) is 17. The number of carbonyl (C=O) groups is 5. The molecule has 75 heavy (non-hydrogen) atoms. The van der Waals surface area contributed by atoms with Crippen LogP contribution in [0, 0.1) is 35.5 Å². The minimum absolute atomic E-state index is 0.000367. The zero-order valence-electron chi connectivity index (χ0n) is 46.5. The van der Waals surface area contributed by atoms with Crippen LogP contribution in [-0.2, 0) is 66.0 Å². The van der Waals surface area contributed by atoms with Gasteiger partial charge in [0.25, 0.3) is 11.7 Å². The second kappa shape index (κ2) is 30.8. The maximum absolute atomic E-state index is 14.6. The van der Waals surface area contributed by atoms with Gasteiger partial charge >= 0.3 is 13.6 Å². The van der Waals surface area contributed by atoms with E-state index in [2.05, 4.69) is 0 Å². The van der Waals surface area contributed by atoms with Crippen LogP contribution in [0.2, 0.25) is 0 Å². The summed E-state index contributed by atoms with van der Waals surface area (Å²) in [6, 6.07) is -1.19. The maximum Gasteiger partial charge on any atom is 0.329 e. The molecule has 18 nitrogen and oxygen atoms in total. The molecule has 1 amide bonds. The largest absolute Gasteiger partial charge is 0.460 e. The molecule has 4 rings (SSSR count). The number of allylic oxidation sites excluding steroid dienone is 6. The molecule has 3 heterocycles. The summed E-state index contributed by atoms with van der Waals surface area (Å²) in [5, 5.41) is 32.5. The monoisotopic (exact) mass is 1080 g/mol. The van der Waals surface area contributed by atoms with E-state index in [4.69, 9.17) is 42.6 Å². The first-order chi connectivity index (χ1) is 35.5. The number of aliphatic hydroxyl groups is 3. The second-order valence-electron chi connectivity index (χ2n) is 21.6. The molecule has 1 saturated carbocycles. The molecular weight excluding hydrogens is 990 g/mol. The fraction of sp³-hybridized carbons (Fsp3) is 0.768. The Bertz CT molecular complexity index is 2060. The van der Waals surface area contributed by atoms with Gasteiger partial charge in [0.2, 0.25) is 5.79 Å². The van der Waals surface area contributed by atoms with Crippen molar-refractivity contribution in [2.75, 3.05) is 61.0 Å². The molecule has 2 saturated heterocycles. The molecule has 0 radical (unpaired) electrons. The van der Waals surface area contributed by atoms with E-state index in [1.165, 1.54) is 18.7 Å². The lowest BCUT2D eigenvalue weighted by Crippen LogP contribution is -2.61. The van der Waals surface area contributed by atoms with Crippen molar-refractivity contribution in [3.05, 3.63) is 47.6 Å². The Labute approximate surface area is 445 Å². The highest BCUT2D eigenvalue weighted by molar-refractivity contribution is 7.53. The van der Waals surface area contributed by atoms with Crippen molar-refractivity contribution >= 4 is 36.8 Å². The molecule has 426 valence electrons. The Morgan fingerprint density at radius 2 is 1.60 bits per heavy atom. The van der Waals surface area contributed by atoms with Crippen LogP contribution in [0.15, 0.2) is 47.6 Å². The SMILES string of the molecule is CO[C@H]1C[C@@H]2CC[C@@H](C)[C@@](O)(O2)C(=O)C(=O)N2CCCC[C@H]2C(=O)OC([C@H](C)CC2CC[C@@H](OP(C)(=O)OCCOCCO)[C@H](OC)C2)CC(=O)C(C)=CC(C)[C@@H](O)[C@@H](OC)C(=O)[C@H](C)C[C@H](C)C=CC=CC=C1C. The number of nitrogens with zero attached hydrogens (tertiary/aromatic N) is 1. The van der Waals surface area contributed by atoms with Crippen LogP contribution in [-0.4, -0.2) is 165 Å². The third kappa shape index (κ3) is 18.7. The van der Waals surface area contributed by atoms with Gasteiger partial charge in [-0.15, -0.1) is 0 Å². The molecule has 1 aliphatic carbocycles. The molecule has 0 aromatic carbocycles. The number of piperidine rings is 1. The van der Waals surface area contributed by atoms with E-state index >= 15 is 0 Å². The van der Waals surface area contributed by atoms with Crippen LogP contribution >= 0.6 is 7.60 Å². The summed E-state index contributed by atoms with van der Waals surface area (Å²) in [4.78, 5) is 72.6. The standard InChI is InChI=1S/C56H90NO17P/c1-35-17-13-12-14-18-36(2)47(67-8)33-43-22-20-41(7)56(65,73-43)53(62)54(63)57-24-16-15-19-44(57)55(64)72-48(34-45(59)37(3)30-40(6)51(61)52(69-10)50(60)39(5)29-35)38(4)31-42-21-23-46(49(32-42)68-9)74-75(11,66)71-28-27-70-26-25-58/h12-14,17-18,30,35,38-44,46-49,51-52,58,61,65H,15-16,19-29,31-34H2,1-11H3/t35-,38-,39-,40?,41-,42?,43+,44+,46-,47+,48?,49-,51-,52+,56-,75?/m1/s1. The summed E-state index contributed by atoms with van der Waals surface area (Å²) >= 11 is 0. The van der Waals surface area contributed by atoms with Crippen molar-refractivity contribution in [1.29, 1.82) is 0 Å². The molecule has 3 N–H and O–H groups in total. The van der Waals surface area contributed by atoms with Crippen LogP contribution in [0.1, 0.15) is 126 Å². The van der Waals surface area contributed by atoms with E-state index in [0.717, 1.165) is 5.57 Å². The number of esters is 1. The molecule has 3 fully saturated rings. The normalized spacial score (nSPS) is 35.3. The van der Waals surface area contributed by atoms with Gasteiger partial charge in [-0.05, 0) is 107 Å². The quantitative estimate of drug-likeness (QED) is 0.0683. The number of rotatable bonds is 14. The van der Waals surface area contributed by atoms with Gasteiger partial charge in [0.05, 0.1) is 56.9 Å². The summed E-state index contributed by atoms with van der Waals surface area (Å²) in [7, 11) is 0.982. The van der Waals surface area contributed by atoms with Gasteiger partial charge in [0, 0.05) is 65.1 Å². The Kier molecular flexibility index (Phi) is 26.4. The van der Waals surface area contributed by atoms with E-state index in [-0.39, 0.29) is 74.8 Å². The molecular formula is C56H90NO17P. The Morgan fingerprint density at radius 3 is 2.28 bits per heavy atom. The van der Waals surface area contributed by atoms with Crippen molar-refractivity contribution in [3.8, 4) is 0 Å². The fourth-order valence-corrected chi connectivity index (χ4v) is 12.1. The number of hydrogen-bond donors (Lipinski definition) is 3. The van der Waals surface area contributed by atoms with Gasteiger partial charge in [-0.2, -0.15) is 0 Å². The van der Waals surface area contributed by atoms with Crippen molar-refractivity contribution < 1.29 is 81.3 Å². The molecule has 3 aliphatic heterocycles. The first kappa shape index (κ1) is 64.3. The first-order valence-electron chi connectivity index (χ1n) is 27.1. The molecule has 0 aromatic heterocycles. The van der Waals surface area contributed by atoms with Crippen molar-refractivity contribution in [1.82, 2.24) is 4.90 Å². The third-order valence-electron chi connectivity index (χ3n) is 15.6. The summed E-state index contributed by atoms with van der Waals surface area (Å²) in [5.41, 5.74) is 1.14. The lowest BCUT2D eigenvalue weighted by Gasteiger charge is -2.42. The lowest BCUT2D eigenvalue weighted by molar-refractivity contribution is -0.265. The summed E-state index contributed by atoms with van der Waals surface area (Å²) in [6.45, 7) is 14.1. The first-order valence-corrected chi connectivity index (χ1v) is 29.1. The average Bonchev–Trinajstić information content (AvgIpc) is 3.37. The van der Waals surface area contributed by atoms with Gasteiger partial charge in [-0.1, -0.05) is 71.1 Å². The third-order valence-corrected chi connectivity index (χ3v) is 16.9. The molecule has 4 unspecified atom stereocenters. The Morgan fingerprint density at radius 1 is 0.867 bits per heavy atom. The van der Waals surface area contributed by atoms with Gasteiger partial charge in [0.15, 0.2) is 11.6 Å². The van der Waals surface area contributed by atoms with Crippen molar-refractivity contribution in [2.24, 2.45) is 35.5 Å². The molecule has 0 spiro atoms. The summed E-state index contributed by atoms with van der Waals surface area (Å²) < 4.78 is 59.8. The van der Waals surface area contributed by atoms with Gasteiger partial charge < -0.3 is 57.7 Å². The van der Waals surface area contributed by atoms with Crippen LogP contribution in [0.25, 0.3) is 0 Å². The number of Topliss-reactive ketones (excluding diaryl/α,β-unsaturated/α-hetero) is 3. The highest BCUT2D eigenvalue weighted by atomic mass is 31.2. The predicted octanol–water partition coefficient (Wildman–Crippen LogP) is 7.05. The molecule has 16 atom stereocenters. The Balaban J connectivity index is 1.66. The highest BCUT2D eigenvalue weighted by Gasteiger charge is 2.53. The molecule has 19 heteroatoms. The smallest absolute Gasteiger partial charge is 0.329 e. The predicted molar refractivity (Wildman–Crippen MR) is 281 cm³/mol. The molecule has 0 aromatic rings. The zero-order chi connectivity index (χ0) is 55.6. The van der Waals surface area contributed by atoms with Crippen LogP contribution < -0.4 is 0 Å². The molecule has 4 aliphatic rings. The second-order valence-corrected chi connectivity index (χ2v) is 23.6. The van der Waals surface area contributed by atoms with Crippen LogP contribution in [0.3, 0.4) is 0 Å². The fourth-order valence-electron chi connectivity index (χ4n) is 10.9. The number of ether oxygens (including phenoxy) is 6. The number of cyclic esters (lactones) is 1. The summed E-state index contributed by atoms with van der Waals surface area (Å²) in [6.07, 6.45) is 10.3. The van der Waals surface area contributed by atoms with Gasteiger partial charge in [-0.3, -0.25) is 23.7 Å². The average molecular weight is 1080 g/mol. The van der Waals surface area contributed by atoms with E-state index in [9.17, 15) is 38.8 Å². The molecule has 2 bridgehead atoms. The lowest BCUT2D eigenvalue weighted by atomic mass is 9.78. The van der Waals surface area contributed by atoms with E-state index < -0.39 is 103 Å². The van der Waals surface area contributed by atoms with E-state index in [1.54, 1.807) is 41.1 Å². The summed E-state index contributed by atoms with van der Waals surface area (Å²) in [5.74, 6) is -8.44. The van der Waals surface area contributed by atoms with E-state index in [0.29, 0.717) is 64.2 Å². The Hall–Kier alpha value is -3.26. The maximum atomic E-state index is 14.6. The number of fused-ring (bicyclic) bond motifs is 3.